The van der Waals surface area contributed by atoms with Crippen molar-refractivity contribution in [1.29, 1.82) is 0 Å². The number of carboxylic acid groups (broad SMARTS) is 1. The summed E-state index contributed by atoms with van der Waals surface area (Å²) in [5.41, 5.74) is -0.465. The van der Waals surface area contributed by atoms with Gasteiger partial charge in [0.15, 0.2) is 0 Å². The maximum atomic E-state index is 11.4. The van der Waals surface area contributed by atoms with Crippen LogP contribution in [0.3, 0.4) is 0 Å². The normalized spacial score (nSPS) is 19.1. The third-order valence-electron chi connectivity index (χ3n) is 3.73. The molecular formula is C13H26N2O2. The highest BCUT2D eigenvalue weighted by Crippen LogP contribution is 2.38. The van der Waals surface area contributed by atoms with Gasteiger partial charge >= 0.3 is 5.97 Å². The molecule has 1 aliphatic rings. The lowest BCUT2D eigenvalue weighted by Gasteiger charge is -2.29. The van der Waals surface area contributed by atoms with Gasteiger partial charge in [0.25, 0.3) is 0 Å². The molecule has 0 bridgehead atoms. The number of hydrogen-bond acceptors (Lipinski definition) is 3. The van der Waals surface area contributed by atoms with Crippen LogP contribution in [0.5, 0.6) is 0 Å². The molecule has 0 aliphatic heterocycles. The minimum absolute atomic E-state index is 0.465. The maximum absolute atomic E-state index is 11.4. The monoisotopic (exact) mass is 242 g/mol. The van der Waals surface area contributed by atoms with Gasteiger partial charge in [-0.1, -0.05) is 12.8 Å². The Bertz CT molecular complexity index is 248. The molecule has 1 N–H and O–H groups in total. The van der Waals surface area contributed by atoms with E-state index >= 15 is 0 Å². The zero-order valence-electron chi connectivity index (χ0n) is 11.4. The van der Waals surface area contributed by atoms with E-state index in [1.165, 1.54) is 0 Å². The lowest BCUT2D eigenvalue weighted by atomic mass is 9.86. The fourth-order valence-electron chi connectivity index (χ4n) is 2.74. The van der Waals surface area contributed by atoms with Gasteiger partial charge in [0, 0.05) is 6.54 Å². The zero-order valence-corrected chi connectivity index (χ0v) is 11.4. The van der Waals surface area contributed by atoms with Crippen molar-refractivity contribution in [3.63, 3.8) is 0 Å². The molecule has 17 heavy (non-hydrogen) atoms. The predicted molar refractivity (Wildman–Crippen MR) is 69.2 cm³/mol. The first-order chi connectivity index (χ1) is 7.96. The Balaban J connectivity index is 2.37. The van der Waals surface area contributed by atoms with Crippen molar-refractivity contribution in [1.82, 2.24) is 9.80 Å². The molecule has 0 aromatic rings. The molecule has 1 fully saturated rings. The number of carboxylic acids is 1. The van der Waals surface area contributed by atoms with Crippen LogP contribution >= 0.6 is 0 Å². The highest BCUT2D eigenvalue weighted by molar-refractivity contribution is 5.75. The Labute approximate surface area is 105 Å². The summed E-state index contributed by atoms with van der Waals surface area (Å²) >= 11 is 0. The SMILES string of the molecule is CN(C)CCCN(C)CC1(C(=O)O)CCCC1. The third-order valence-corrected chi connectivity index (χ3v) is 3.73. The zero-order chi connectivity index (χ0) is 12.9. The molecule has 0 radical (unpaired) electrons. The van der Waals surface area contributed by atoms with Gasteiger partial charge in [0.1, 0.15) is 0 Å². The molecule has 1 aliphatic carbocycles. The van der Waals surface area contributed by atoms with E-state index in [9.17, 15) is 9.90 Å². The summed E-state index contributed by atoms with van der Waals surface area (Å²) in [5.74, 6) is -0.602. The van der Waals surface area contributed by atoms with Crippen molar-refractivity contribution < 1.29 is 9.90 Å². The first kappa shape index (κ1) is 14.5. The van der Waals surface area contributed by atoms with Gasteiger partial charge in [-0.15, -0.1) is 0 Å². The van der Waals surface area contributed by atoms with Crippen molar-refractivity contribution >= 4 is 5.97 Å². The highest BCUT2D eigenvalue weighted by Gasteiger charge is 2.41. The Hall–Kier alpha value is -0.610. The van der Waals surface area contributed by atoms with Crippen molar-refractivity contribution in [2.24, 2.45) is 5.41 Å². The van der Waals surface area contributed by atoms with E-state index in [0.717, 1.165) is 45.2 Å². The Morgan fingerprint density at radius 1 is 1.18 bits per heavy atom. The average molecular weight is 242 g/mol. The van der Waals surface area contributed by atoms with E-state index < -0.39 is 11.4 Å². The predicted octanol–water partition coefficient (Wildman–Crippen LogP) is 1.51. The molecule has 0 heterocycles. The van der Waals surface area contributed by atoms with Gasteiger partial charge < -0.3 is 14.9 Å². The molecular weight excluding hydrogens is 216 g/mol. The van der Waals surface area contributed by atoms with Gasteiger partial charge in [-0.05, 0) is 53.5 Å². The molecule has 0 aromatic carbocycles. The topological polar surface area (TPSA) is 43.8 Å². The van der Waals surface area contributed by atoms with Crippen molar-refractivity contribution in [3.8, 4) is 0 Å². The summed E-state index contributed by atoms with van der Waals surface area (Å²) in [5, 5.41) is 9.39. The summed E-state index contributed by atoms with van der Waals surface area (Å²) in [7, 11) is 6.17. The number of aliphatic carboxylic acids is 1. The summed E-state index contributed by atoms with van der Waals surface area (Å²) in [6, 6.07) is 0. The molecule has 0 unspecified atom stereocenters. The average Bonchev–Trinajstić information content (AvgIpc) is 2.66. The van der Waals surface area contributed by atoms with E-state index in [1.807, 2.05) is 7.05 Å². The first-order valence-corrected chi connectivity index (χ1v) is 6.53. The molecule has 1 rings (SSSR count). The van der Waals surface area contributed by atoms with Crippen molar-refractivity contribution in [2.75, 3.05) is 40.8 Å². The Kier molecular flexibility index (Phi) is 5.40. The summed E-state index contributed by atoms with van der Waals surface area (Å²) in [6.45, 7) is 2.74. The molecule has 4 heteroatoms. The van der Waals surface area contributed by atoms with Gasteiger partial charge in [0.05, 0.1) is 5.41 Å². The van der Waals surface area contributed by atoms with E-state index in [0.29, 0.717) is 6.54 Å². The van der Waals surface area contributed by atoms with Crippen LogP contribution in [-0.4, -0.2) is 61.7 Å². The van der Waals surface area contributed by atoms with Crippen LogP contribution in [-0.2, 0) is 4.79 Å². The van der Waals surface area contributed by atoms with Crippen LogP contribution in [0.15, 0.2) is 0 Å². The summed E-state index contributed by atoms with van der Waals surface area (Å²) in [6.07, 6.45) is 4.93. The standard InChI is InChI=1S/C13H26N2O2/c1-14(2)9-6-10-15(3)11-13(12(16)17)7-4-5-8-13/h4-11H2,1-3H3,(H,16,17). The van der Waals surface area contributed by atoms with Crippen molar-refractivity contribution in [3.05, 3.63) is 0 Å². The third kappa shape index (κ3) is 4.28. The second-order valence-electron chi connectivity index (χ2n) is 5.69. The van der Waals surface area contributed by atoms with E-state index in [4.69, 9.17) is 0 Å². The van der Waals surface area contributed by atoms with Gasteiger partial charge in [-0.25, -0.2) is 0 Å². The summed E-state index contributed by atoms with van der Waals surface area (Å²) in [4.78, 5) is 15.8. The number of carbonyl (C=O) groups is 1. The lowest BCUT2D eigenvalue weighted by molar-refractivity contribution is -0.149. The van der Waals surface area contributed by atoms with E-state index in [1.54, 1.807) is 0 Å². The quantitative estimate of drug-likeness (QED) is 0.735. The molecule has 100 valence electrons. The molecule has 4 nitrogen and oxygen atoms in total. The largest absolute Gasteiger partial charge is 0.481 e. The Morgan fingerprint density at radius 2 is 1.76 bits per heavy atom. The van der Waals surface area contributed by atoms with Crippen LogP contribution in [0, 0.1) is 5.41 Å². The second kappa shape index (κ2) is 6.36. The van der Waals surface area contributed by atoms with Crippen molar-refractivity contribution in [2.45, 2.75) is 32.1 Å². The smallest absolute Gasteiger partial charge is 0.310 e. The molecule has 0 spiro atoms. The van der Waals surface area contributed by atoms with Gasteiger partial charge in [-0.2, -0.15) is 0 Å². The van der Waals surface area contributed by atoms with Crippen LogP contribution in [0.4, 0.5) is 0 Å². The Morgan fingerprint density at radius 3 is 2.24 bits per heavy atom. The van der Waals surface area contributed by atoms with Gasteiger partial charge in [-0.3, -0.25) is 4.79 Å². The van der Waals surface area contributed by atoms with Crippen LogP contribution < -0.4 is 0 Å². The fraction of sp³-hybridized carbons (Fsp3) is 0.923. The van der Waals surface area contributed by atoms with Crippen LogP contribution in [0.1, 0.15) is 32.1 Å². The maximum Gasteiger partial charge on any atom is 0.310 e. The number of nitrogens with zero attached hydrogens (tertiary/aromatic N) is 2. The first-order valence-electron chi connectivity index (χ1n) is 6.53. The fourth-order valence-corrected chi connectivity index (χ4v) is 2.74. The molecule has 0 atom stereocenters. The van der Waals surface area contributed by atoms with Crippen LogP contribution in [0.2, 0.25) is 0 Å². The molecule has 1 saturated carbocycles. The minimum atomic E-state index is -0.602. The van der Waals surface area contributed by atoms with E-state index in [-0.39, 0.29) is 0 Å². The summed E-state index contributed by atoms with van der Waals surface area (Å²) < 4.78 is 0. The van der Waals surface area contributed by atoms with E-state index in [2.05, 4.69) is 23.9 Å². The number of rotatable bonds is 7. The number of hydrogen-bond donors (Lipinski definition) is 1. The van der Waals surface area contributed by atoms with Gasteiger partial charge in [0.2, 0.25) is 0 Å². The highest BCUT2D eigenvalue weighted by atomic mass is 16.4. The minimum Gasteiger partial charge on any atom is -0.481 e. The molecule has 0 saturated heterocycles. The van der Waals surface area contributed by atoms with Crippen LogP contribution in [0.25, 0.3) is 0 Å². The lowest BCUT2D eigenvalue weighted by Crippen LogP contribution is -2.40. The second-order valence-corrected chi connectivity index (χ2v) is 5.69. The molecule has 0 aromatic heterocycles. The molecule has 0 amide bonds.